The average Bonchev–Trinajstić information content (AvgIpc) is 2.54. The van der Waals surface area contributed by atoms with E-state index in [4.69, 9.17) is 4.74 Å². The van der Waals surface area contributed by atoms with Crippen molar-refractivity contribution in [3.05, 3.63) is 59.7 Å². The number of hydrogen-bond donors (Lipinski definition) is 2. The molecule has 0 saturated carbocycles. The molecule has 0 aromatic heterocycles. The lowest BCUT2D eigenvalue weighted by atomic mass is 10.2. The summed E-state index contributed by atoms with van der Waals surface area (Å²) in [5.74, 6) is 0.742. The molecule has 0 saturated heterocycles. The van der Waals surface area contributed by atoms with Gasteiger partial charge in [-0.15, -0.1) is 0 Å². The summed E-state index contributed by atoms with van der Waals surface area (Å²) in [6.07, 6.45) is 0. The monoisotopic (exact) mass is 320 g/mol. The van der Waals surface area contributed by atoms with E-state index in [1.54, 1.807) is 43.5 Å². The van der Waals surface area contributed by atoms with Crippen molar-refractivity contribution in [1.29, 1.82) is 0 Å². The van der Waals surface area contributed by atoms with Crippen LogP contribution in [0.25, 0.3) is 0 Å². The van der Waals surface area contributed by atoms with Gasteiger partial charge in [-0.3, -0.25) is 0 Å². The second kappa shape index (κ2) is 7.40. The maximum atomic E-state index is 12.2. The van der Waals surface area contributed by atoms with Gasteiger partial charge < -0.3 is 10.1 Å². The molecule has 0 unspecified atom stereocenters. The zero-order chi connectivity index (χ0) is 16.0. The van der Waals surface area contributed by atoms with Gasteiger partial charge in [-0.2, -0.15) is 0 Å². The number of sulfonamides is 1. The average molecular weight is 320 g/mol. The molecule has 0 heterocycles. The highest BCUT2D eigenvalue weighted by molar-refractivity contribution is 7.89. The number of benzene rings is 2. The molecule has 0 aliphatic heterocycles. The largest absolute Gasteiger partial charge is 0.497 e. The number of nitrogens with one attached hydrogen (secondary N) is 2. The Kier molecular flexibility index (Phi) is 5.54. The Labute approximate surface area is 131 Å². The Morgan fingerprint density at radius 1 is 0.909 bits per heavy atom. The molecular formula is C16H20N2O3S. The fourth-order valence-electron chi connectivity index (χ4n) is 2.00. The molecule has 6 heteroatoms. The number of hydrogen-bond acceptors (Lipinski definition) is 4. The zero-order valence-corrected chi connectivity index (χ0v) is 13.5. The number of methoxy groups -OCH3 is 1. The van der Waals surface area contributed by atoms with Crippen molar-refractivity contribution in [3.8, 4) is 5.75 Å². The predicted molar refractivity (Wildman–Crippen MR) is 86.2 cm³/mol. The lowest BCUT2D eigenvalue weighted by molar-refractivity contribution is 0.414. The number of rotatable bonds is 7. The Balaban J connectivity index is 2.03. The van der Waals surface area contributed by atoms with Crippen molar-refractivity contribution < 1.29 is 13.2 Å². The standard InChI is InChI=1S/C16H20N2O3S/c1-17-11-13-5-9-16(10-6-13)22(19,20)18-12-14-3-7-15(21-2)8-4-14/h3-10,17-18H,11-12H2,1-2H3. The first-order valence-electron chi connectivity index (χ1n) is 6.91. The van der Waals surface area contributed by atoms with Gasteiger partial charge in [0.15, 0.2) is 0 Å². The van der Waals surface area contributed by atoms with Gasteiger partial charge in [0.1, 0.15) is 5.75 Å². The number of ether oxygens (including phenoxy) is 1. The Morgan fingerprint density at radius 3 is 2.00 bits per heavy atom. The van der Waals surface area contributed by atoms with Gasteiger partial charge in [0.25, 0.3) is 0 Å². The second-order valence-electron chi connectivity index (χ2n) is 4.85. The van der Waals surface area contributed by atoms with Gasteiger partial charge in [0, 0.05) is 13.1 Å². The van der Waals surface area contributed by atoms with Crippen LogP contribution >= 0.6 is 0 Å². The molecule has 0 atom stereocenters. The van der Waals surface area contributed by atoms with Crippen LogP contribution in [0.5, 0.6) is 5.75 Å². The van der Waals surface area contributed by atoms with E-state index in [1.165, 1.54) is 0 Å². The topological polar surface area (TPSA) is 67.4 Å². The highest BCUT2D eigenvalue weighted by Crippen LogP contribution is 2.13. The first-order chi connectivity index (χ1) is 10.5. The third-order valence-corrected chi connectivity index (χ3v) is 4.66. The SMILES string of the molecule is CNCc1ccc(S(=O)(=O)NCc2ccc(OC)cc2)cc1. The third-order valence-electron chi connectivity index (χ3n) is 3.24. The summed E-state index contributed by atoms with van der Waals surface area (Å²) in [6.45, 7) is 0.949. The van der Waals surface area contributed by atoms with Gasteiger partial charge in [-0.1, -0.05) is 24.3 Å². The fourth-order valence-corrected chi connectivity index (χ4v) is 3.01. The van der Waals surface area contributed by atoms with Crippen molar-refractivity contribution in [1.82, 2.24) is 10.0 Å². The first kappa shape index (κ1) is 16.5. The molecule has 0 fully saturated rings. The van der Waals surface area contributed by atoms with E-state index >= 15 is 0 Å². The van der Waals surface area contributed by atoms with E-state index in [2.05, 4.69) is 10.0 Å². The van der Waals surface area contributed by atoms with E-state index in [1.807, 2.05) is 19.2 Å². The van der Waals surface area contributed by atoms with Crippen LogP contribution in [0.2, 0.25) is 0 Å². The maximum absolute atomic E-state index is 12.2. The fraction of sp³-hybridized carbons (Fsp3) is 0.250. The van der Waals surface area contributed by atoms with E-state index < -0.39 is 10.0 Å². The Morgan fingerprint density at radius 2 is 1.45 bits per heavy atom. The summed E-state index contributed by atoms with van der Waals surface area (Å²) >= 11 is 0. The quantitative estimate of drug-likeness (QED) is 0.817. The van der Waals surface area contributed by atoms with Crippen molar-refractivity contribution in [2.24, 2.45) is 0 Å². The molecular weight excluding hydrogens is 300 g/mol. The van der Waals surface area contributed by atoms with Crippen LogP contribution in [0.4, 0.5) is 0 Å². The van der Waals surface area contributed by atoms with Crippen LogP contribution in [0, 0.1) is 0 Å². The minimum atomic E-state index is -3.51. The van der Waals surface area contributed by atoms with E-state index in [0.29, 0.717) is 6.54 Å². The molecule has 0 aliphatic rings. The highest BCUT2D eigenvalue weighted by atomic mass is 32.2. The molecule has 2 N–H and O–H groups in total. The molecule has 118 valence electrons. The molecule has 22 heavy (non-hydrogen) atoms. The smallest absolute Gasteiger partial charge is 0.240 e. The minimum Gasteiger partial charge on any atom is -0.497 e. The molecule has 0 spiro atoms. The van der Waals surface area contributed by atoms with E-state index in [-0.39, 0.29) is 11.4 Å². The summed E-state index contributed by atoms with van der Waals surface area (Å²) in [5, 5.41) is 3.02. The first-order valence-corrected chi connectivity index (χ1v) is 8.39. The van der Waals surface area contributed by atoms with E-state index in [9.17, 15) is 8.42 Å². The molecule has 2 aromatic carbocycles. The second-order valence-corrected chi connectivity index (χ2v) is 6.61. The van der Waals surface area contributed by atoms with Crippen LogP contribution in [0.15, 0.2) is 53.4 Å². The Bertz CT molecular complexity index is 695. The van der Waals surface area contributed by atoms with Gasteiger partial charge in [-0.05, 0) is 42.4 Å². The summed E-state index contributed by atoms with van der Waals surface area (Å²) in [7, 11) is -0.0665. The van der Waals surface area contributed by atoms with E-state index in [0.717, 1.165) is 16.9 Å². The minimum absolute atomic E-state index is 0.241. The summed E-state index contributed by atoms with van der Waals surface area (Å²) < 4.78 is 32.2. The van der Waals surface area contributed by atoms with Crippen LogP contribution in [-0.4, -0.2) is 22.6 Å². The molecule has 0 aliphatic carbocycles. The molecule has 2 rings (SSSR count). The van der Waals surface area contributed by atoms with Crippen LogP contribution in [-0.2, 0) is 23.1 Å². The zero-order valence-electron chi connectivity index (χ0n) is 12.7. The summed E-state index contributed by atoms with van der Waals surface area (Å²) in [5.41, 5.74) is 1.91. The normalized spacial score (nSPS) is 11.4. The molecule has 2 aromatic rings. The van der Waals surface area contributed by atoms with Crippen molar-refractivity contribution in [2.45, 2.75) is 18.0 Å². The van der Waals surface area contributed by atoms with Crippen molar-refractivity contribution >= 4 is 10.0 Å². The van der Waals surface area contributed by atoms with Crippen LogP contribution < -0.4 is 14.8 Å². The molecule has 0 amide bonds. The van der Waals surface area contributed by atoms with Gasteiger partial charge >= 0.3 is 0 Å². The van der Waals surface area contributed by atoms with Crippen molar-refractivity contribution in [2.75, 3.05) is 14.2 Å². The van der Waals surface area contributed by atoms with Crippen LogP contribution in [0.1, 0.15) is 11.1 Å². The highest BCUT2D eigenvalue weighted by Gasteiger charge is 2.13. The van der Waals surface area contributed by atoms with Gasteiger partial charge in [0.2, 0.25) is 10.0 Å². The van der Waals surface area contributed by atoms with Gasteiger partial charge in [-0.25, -0.2) is 13.1 Å². The Hall–Kier alpha value is -1.89. The van der Waals surface area contributed by atoms with Crippen molar-refractivity contribution in [3.63, 3.8) is 0 Å². The maximum Gasteiger partial charge on any atom is 0.240 e. The molecule has 0 bridgehead atoms. The summed E-state index contributed by atoms with van der Waals surface area (Å²) in [6, 6.07) is 14.1. The lowest BCUT2D eigenvalue weighted by Gasteiger charge is -2.08. The molecule has 0 radical (unpaired) electrons. The summed E-state index contributed by atoms with van der Waals surface area (Å²) in [4.78, 5) is 0.265. The third kappa shape index (κ3) is 4.30. The van der Waals surface area contributed by atoms with Gasteiger partial charge in [0.05, 0.1) is 12.0 Å². The lowest BCUT2D eigenvalue weighted by Crippen LogP contribution is -2.23. The van der Waals surface area contributed by atoms with Crippen LogP contribution in [0.3, 0.4) is 0 Å². The predicted octanol–water partition coefficient (Wildman–Crippen LogP) is 1.89. The molecule has 5 nitrogen and oxygen atoms in total.